The molecule has 9 heteroatoms. The molecule has 1 aliphatic carbocycles. The molecule has 0 saturated heterocycles. The Kier molecular flexibility index (Phi) is 6.65. The topological polar surface area (TPSA) is 128 Å². The van der Waals surface area contributed by atoms with Gasteiger partial charge in [-0.05, 0) is 24.8 Å². The molecule has 2 atom stereocenters. The molecule has 9 nitrogen and oxygen atoms in total. The number of urea groups is 1. The molecule has 26 heavy (non-hydrogen) atoms. The summed E-state index contributed by atoms with van der Waals surface area (Å²) < 4.78 is 4.78. The zero-order chi connectivity index (χ0) is 19.1. The highest BCUT2D eigenvalue weighted by molar-refractivity contribution is 5.97. The van der Waals surface area contributed by atoms with E-state index in [0.29, 0.717) is 5.92 Å². The zero-order valence-electron chi connectivity index (χ0n) is 14.4. The van der Waals surface area contributed by atoms with Crippen molar-refractivity contribution in [2.24, 2.45) is 5.92 Å². The summed E-state index contributed by atoms with van der Waals surface area (Å²) in [4.78, 5) is 45.5. The van der Waals surface area contributed by atoms with Crippen LogP contribution in [-0.4, -0.2) is 35.5 Å². The Labute approximate surface area is 150 Å². The molecule has 1 aliphatic rings. The second-order valence-corrected chi connectivity index (χ2v) is 6.27. The molecule has 0 aliphatic heterocycles. The van der Waals surface area contributed by atoms with Gasteiger partial charge in [0.1, 0.15) is 0 Å². The molecular weight excluding hydrogens is 342 g/mol. The summed E-state index contributed by atoms with van der Waals surface area (Å²) >= 11 is 0. The Balaban J connectivity index is 1.79. The largest absolute Gasteiger partial charge is 0.452 e. The fourth-order valence-electron chi connectivity index (χ4n) is 2.86. The molecule has 2 N–H and O–H groups in total. The van der Waals surface area contributed by atoms with E-state index in [9.17, 15) is 24.5 Å². The van der Waals surface area contributed by atoms with Crippen LogP contribution in [0.1, 0.15) is 43.0 Å². The summed E-state index contributed by atoms with van der Waals surface area (Å²) in [5.41, 5.74) is -0.308. The van der Waals surface area contributed by atoms with Gasteiger partial charge in [0.25, 0.3) is 11.6 Å². The lowest BCUT2D eigenvalue weighted by Gasteiger charge is -2.29. The Morgan fingerprint density at radius 1 is 1.27 bits per heavy atom. The van der Waals surface area contributed by atoms with Gasteiger partial charge in [-0.1, -0.05) is 25.8 Å². The maximum absolute atomic E-state index is 11.8. The Morgan fingerprint density at radius 3 is 2.69 bits per heavy atom. The molecule has 1 aromatic carbocycles. The maximum Gasteiger partial charge on any atom is 0.338 e. The number of benzene rings is 1. The van der Waals surface area contributed by atoms with Crippen molar-refractivity contribution in [3.8, 4) is 0 Å². The normalized spacial score (nSPS) is 19.3. The Bertz CT molecular complexity index is 705. The van der Waals surface area contributed by atoms with Crippen LogP contribution in [-0.2, 0) is 9.53 Å². The number of hydrogen-bond acceptors (Lipinski definition) is 6. The molecule has 3 amide bonds. The van der Waals surface area contributed by atoms with Gasteiger partial charge in [0.05, 0.1) is 10.5 Å². The van der Waals surface area contributed by atoms with Crippen LogP contribution in [0.4, 0.5) is 10.5 Å². The van der Waals surface area contributed by atoms with Crippen LogP contribution in [0.2, 0.25) is 0 Å². The van der Waals surface area contributed by atoms with Gasteiger partial charge in [-0.2, -0.15) is 0 Å². The first-order chi connectivity index (χ1) is 12.4. The van der Waals surface area contributed by atoms with Crippen LogP contribution in [0.3, 0.4) is 0 Å². The highest BCUT2D eigenvalue weighted by Crippen LogP contribution is 2.23. The van der Waals surface area contributed by atoms with E-state index < -0.39 is 29.4 Å². The number of carbonyl (C=O) groups is 3. The van der Waals surface area contributed by atoms with Crippen molar-refractivity contribution in [2.75, 3.05) is 6.61 Å². The van der Waals surface area contributed by atoms with E-state index in [1.54, 1.807) is 0 Å². The monoisotopic (exact) mass is 363 g/mol. The first-order valence-corrected chi connectivity index (χ1v) is 8.38. The van der Waals surface area contributed by atoms with Crippen molar-refractivity contribution in [1.29, 1.82) is 0 Å². The van der Waals surface area contributed by atoms with Gasteiger partial charge in [-0.25, -0.2) is 9.59 Å². The minimum absolute atomic E-state index is 0.0176. The van der Waals surface area contributed by atoms with Crippen molar-refractivity contribution in [1.82, 2.24) is 10.6 Å². The van der Waals surface area contributed by atoms with Crippen molar-refractivity contribution in [3.05, 3.63) is 39.9 Å². The lowest BCUT2D eigenvalue weighted by atomic mass is 9.86. The number of imide groups is 1. The van der Waals surface area contributed by atoms with Crippen molar-refractivity contribution >= 4 is 23.6 Å². The van der Waals surface area contributed by atoms with Gasteiger partial charge in [-0.15, -0.1) is 0 Å². The highest BCUT2D eigenvalue weighted by atomic mass is 16.6. The summed E-state index contributed by atoms with van der Waals surface area (Å²) in [5, 5.41) is 15.6. The van der Waals surface area contributed by atoms with Gasteiger partial charge in [0.15, 0.2) is 6.61 Å². The molecule has 0 radical (unpaired) electrons. The smallest absolute Gasteiger partial charge is 0.338 e. The highest BCUT2D eigenvalue weighted by Gasteiger charge is 2.23. The van der Waals surface area contributed by atoms with Gasteiger partial charge in [-0.3, -0.25) is 20.2 Å². The fourth-order valence-corrected chi connectivity index (χ4v) is 2.86. The summed E-state index contributed by atoms with van der Waals surface area (Å²) in [5.74, 6) is -1.31. The van der Waals surface area contributed by atoms with Crippen molar-refractivity contribution in [3.63, 3.8) is 0 Å². The quantitative estimate of drug-likeness (QED) is 0.469. The first-order valence-electron chi connectivity index (χ1n) is 8.38. The number of ether oxygens (including phenoxy) is 1. The fraction of sp³-hybridized carbons (Fsp3) is 0.471. The number of hydrogen-bond donors (Lipinski definition) is 2. The van der Waals surface area contributed by atoms with Gasteiger partial charge in [0, 0.05) is 18.2 Å². The molecule has 0 heterocycles. The predicted octanol–water partition coefficient (Wildman–Crippen LogP) is 2.16. The van der Waals surface area contributed by atoms with Crippen LogP contribution in [0.15, 0.2) is 24.3 Å². The molecule has 0 spiro atoms. The van der Waals surface area contributed by atoms with E-state index in [1.807, 2.05) is 6.92 Å². The summed E-state index contributed by atoms with van der Waals surface area (Å²) in [6.45, 7) is 1.39. The average molecular weight is 363 g/mol. The van der Waals surface area contributed by atoms with E-state index in [-0.39, 0.29) is 17.3 Å². The summed E-state index contributed by atoms with van der Waals surface area (Å²) in [6, 6.07) is 4.36. The number of nitro groups is 1. The lowest BCUT2D eigenvalue weighted by molar-refractivity contribution is -0.384. The van der Waals surface area contributed by atoms with Crippen LogP contribution in [0.25, 0.3) is 0 Å². The van der Waals surface area contributed by atoms with Crippen LogP contribution < -0.4 is 10.6 Å². The number of amides is 3. The molecule has 2 rings (SSSR count). The third kappa shape index (κ3) is 5.54. The maximum atomic E-state index is 11.8. The lowest BCUT2D eigenvalue weighted by Crippen LogP contribution is -2.48. The van der Waals surface area contributed by atoms with Gasteiger partial charge in [0.2, 0.25) is 0 Å². The van der Waals surface area contributed by atoms with Crippen LogP contribution in [0.5, 0.6) is 0 Å². The Hall–Kier alpha value is -2.97. The number of esters is 1. The minimum Gasteiger partial charge on any atom is -0.452 e. The molecule has 0 aromatic heterocycles. The van der Waals surface area contributed by atoms with E-state index >= 15 is 0 Å². The van der Waals surface area contributed by atoms with Crippen molar-refractivity contribution < 1.29 is 24.0 Å². The first kappa shape index (κ1) is 19.4. The van der Waals surface area contributed by atoms with E-state index in [2.05, 4.69) is 10.6 Å². The van der Waals surface area contributed by atoms with E-state index in [0.717, 1.165) is 31.7 Å². The number of carbonyl (C=O) groups excluding carboxylic acids is 3. The third-order valence-electron chi connectivity index (χ3n) is 4.31. The van der Waals surface area contributed by atoms with Crippen molar-refractivity contribution in [2.45, 2.75) is 38.6 Å². The molecule has 140 valence electrons. The molecule has 1 saturated carbocycles. The number of rotatable bonds is 5. The minimum atomic E-state index is -0.884. The standard InChI is InChI=1S/C17H21N3O6/c1-11-5-2-3-8-14(11)18-17(23)19-15(21)10-26-16(22)12-6-4-7-13(9-12)20(24)25/h4,6-7,9,11,14H,2-3,5,8,10H2,1H3,(H2,18,19,21,23)/t11-,14-/m0/s1. The number of nitrogens with zero attached hydrogens (tertiary/aromatic N) is 1. The average Bonchev–Trinajstić information content (AvgIpc) is 2.61. The van der Waals surface area contributed by atoms with E-state index in [1.165, 1.54) is 18.2 Å². The van der Waals surface area contributed by atoms with Crippen LogP contribution in [0, 0.1) is 16.0 Å². The number of non-ortho nitro benzene ring substituents is 1. The van der Waals surface area contributed by atoms with E-state index in [4.69, 9.17) is 4.74 Å². The second-order valence-electron chi connectivity index (χ2n) is 6.27. The molecule has 1 aromatic rings. The second kappa shape index (κ2) is 8.93. The zero-order valence-corrected chi connectivity index (χ0v) is 14.4. The third-order valence-corrected chi connectivity index (χ3v) is 4.31. The predicted molar refractivity (Wildman–Crippen MR) is 91.5 cm³/mol. The van der Waals surface area contributed by atoms with Gasteiger partial charge >= 0.3 is 12.0 Å². The SMILES string of the molecule is C[C@H]1CCCC[C@@H]1NC(=O)NC(=O)COC(=O)c1cccc([N+](=O)[O-])c1. The van der Waals surface area contributed by atoms with Crippen LogP contribution >= 0.6 is 0 Å². The molecular formula is C17H21N3O6. The van der Waals surface area contributed by atoms with Gasteiger partial charge < -0.3 is 10.1 Å². The number of nitro benzene ring substituents is 1. The number of nitrogens with one attached hydrogen (secondary N) is 2. The molecule has 0 bridgehead atoms. The Morgan fingerprint density at radius 2 is 2.00 bits per heavy atom. The summed E-state index contributed by atoms with van der Waals surface area (Å²) in [6.07, 6.45) is 4.06. The molecule has 0 unspecified atom stereocenters. The molecule has 1 fully saturated rings. The summed E-state index contributed by atoms with van der Waals surface area (Å²) in [7, 11) is 0.